The molecule has 4 rings (SSSR count). The second-order valence-electron chi connectivity index (χ2n) is 6.16. The van der Waals surface area contributed by atoms with E-state index in [1.807, 2.05) is 54.6 Å². The van der Waals surface area contributed by atoms with E-state index >= 15 is 0 Å². The van der Waals surface area contributed by atoms with Gasteiger partial charge in [0, 0.05) is 24.1 Å². The zero-order chi connectivity index (χ0) is 17.9. The van der Waals surface area contributed by atoms with Gasteiger partial charge in [0.05, 0.1) is 12.0 Å². The molecule has 1 amide bonds. The lowest BCUT2D eigenvalue weighted by Crippen LogP contribution is -2.12. The van der Waals surface area contributed by atoms with E-state index in [1.54, 1.807) is 12.5 Å². The SMILES string of the molecule is O=C1Nc2cc(-c3ccco3)ccc2C1C=Nc1ccc(CCO)cc1. The molecule has 0 fully saturated rings. The molecule has 2 heterocycles. The van der Waals surface area contributed by atoms with Crippen LogP contribution in [0.4, 0.5) is 11.4 Å². The largest absolute Gasteiger partial charge is 0.464 e. The Kier molecular flexibility index (Phi) is 4.37. The van der Waals surface area contributed by atoms with Crippen molar-refractivity contribution in [3.8, 4) is 11.3 Å². The third-order valence-electron chi connectivity index (χ3n) is 4.44. The first-order valence-electron chi connectivity index (χ1n) is 8.47. The van der Waals surface area contributed by atoms with Gasteiger partial charge in [-0.15, -0.1) is 0 Å². The van der Waals surface area contributed by atoms with Crippen LogP contribution in [-0.4, -0.2) is 23.8 Å². The van der Waals surface area contributed by atoms with Crippen LogP contribution in [0.15, 0.2) is 70.3 Å². The van der Waals surface area contributed by atoms with Crippen LogP contribution >= 0.6 is 0 Å². The van der Waals surface area contributed by atoms with Crippen LogP contribution < -0.4 is 5.32 Å². The van der Waals surface area contributed by atoms with Gasteiger partial charge in [0.15, 0.2) is 0 Å². The average Bonchev–Trinajstić information content (AvgIpc) is 3.28. The molecule has 0 radical (unpaired) electrons. The van der Waals surface area contributed by atoms with Crippen LogP contribution in [0.3, 0.4) is 0 Å². The Morgan fingerprint density at radius 3 is 2.73 bits per heavy atom. The number of benzene rings is 2. The van der Waals surface area contributed by atoms with Crippen LogP contribution in [0.5, 0.6) is 0 Å². The molecule has 0 spiro atoms. The number of hydrogen-bond acceptors (Lipinski definition) is 4. The Labute approximate surface area is 151 Å². The first kappa shape index (κ1) is 16.3. The molecule has 1 aliphatic heterocycles. The summed E-state index contributed by atoms with van der Waals surface area (Å²) in [6, 6.07) is 17.2. The van der Waals surface area contributed by atoms with Gasteiger partial charge in [-0.25, -0.2) is 0 Å². The summed E-state index contributed by atoms with van der Waals surface area (Å²) in [5.41, 5.74) is 4.46. The number of carbonyl (C=O) groups excluding carboxylic acids is 1. The minimum Gasteiger partial charge on any atom is -0.464 e. The van der Waals surface area contributed by atoms with Gasteiger partial charge in [-0.3, -0.25) is 9.79 Å². The maximum absolute atomic E-state index is 12.3. The molecule has 0 saturated carbocycles. The van der Waals surface area contributed by atoms with E-state index in [0.717, 1.165) is 33.8 Å². The monoisotopic (exact) mass is 346 g/mol. The van der Waals surface area contributed by atoms with Crippen molar-refractivity contribution in [1.82, 2.24) is 0 Å². The predicted molar refractivity (Wildman–Crippen MR) is 101 cm³/mol. The summed E-state index contributed by atoms with van der Waals surface area (Å²) < 4.78 is 5.41. The number of aliphatic imine (C=N–C) groups is 1. The Morgan fingerprint density at radius 2 is 2.00 bits per heavy atom. The average molecular weight is 346 g/mol. The number of carbonyl (C=O) groups is 1. The summed E-state index contributed by atoms with van der Waals surface area (Å²) >= 11 is 0. The maximum Gasteiger partial charge on any atom is 0.237 e. The summed E-state index contributed by atoms with van der Waals surface area (Å²) in [5, 5.41) is 11.9. The maximum atomic E-state index is 12.3. The fraction of sp³-hybridized carbons (Fsp3) is 0.143. The number of aliphatic hydroxyl groups is 1. The second-order valence-corrected chi connectivity index (χ2v) is 6.16. The highest BCUT2D eigenvalue weighted by atomic mass is 16.3. The molecule has 130 valence electrons. The minimum absolute atomic E-state index is 0.0859. The van der Waals surface area contributed by atoms with Gasteiger partial charge in [0.1, 0.15) is 11.7 Å². The lowest BCUT2D eigenvalue weighted by molar-refractivity contribution is -0.115. The van der Waals surface area contributed by atoms with Crippen LogP contribution in [-0.2, 0) is 11.2 Å². The molecular weight excluding hydrogens is 328 g/mol. The quantitative estimate of drug-likeness (QED) is 0.688. The Hall–Kier alpha value is -3.18. The smallest absolute Gasteiger partial charge is 0.237 e. The van der Waals surface area contributed by atoms with Crippen molar-refractivity contribution >= 4 is 23.5 Å². The second kappa shape index (κ2) is 6.98. The summed E-state index contributed by atoms with van der Waals surface area (Å²) in [4.78, 5) is 16.8. The van der Waals surface area contributed by atoms with Crippen molar-refractivity contribution < 1.29 is 14.3 Å². The first-order chi connectivity index (χ1) is 12.7. The predicted octanol–water partition coefficient (Wildman–Crippen LogP) is 3.92. The fourth-order valence-corrected chi connectivity index (χ4v) is 3.07. The summed E-state index contributed by atoms with van der Waals surface area (Å²) in [6.45, 7) is 0.127. The number of nitrogens with zero attached hydrogens (tertiary/aromatic N) is 1. The molecule has 0 bridgehead atoms. The number of furan rings is 1. The molecule has 1 aliphatic rings. The summed E-state index contributed by atoms with van der Waals surface area (Å²) in [5.74, 6) is 0.271. The van der Waals surface area contributed by atoms with Gasteiger partial charge in [-0.1, -0.05) is 24.3 Å². The van der Waals surface area contributed by atoms with Crippen molar-refractivity contribution in [1.29, 1.82) is 0 Å². The molecule has 3 aromatic rings. The van der Waals surface area contributed by atoms with E-state index in [1.165, 1.54) is 0 Å². The molecule has 1 aromatic heterocycles. The highest BCUT2D eigenvalue weighted by molar-refractivity contribution is 6.13. The lowest BCUT2D eigenvalue weighted by Gasteiger charge is -2.04. The van der Waals surface area contributed by atoms with Crippen LogP contribution in [0.1, 0.15) is 17.0 Å². The molecule has 1 atom stereocenters. The van der Waals surface area contributed by atoms with Gasteiger partial charge in [-0.05, 0) is 47.9 Å². The molecule has 5 heteroatoms. The molecule has 2 N–H and O–H groups in total. The Balaban J connectivity index is 1.56. The lowest BCUT2D eigenvalue weighted by atomic mass is 10.00. The number of anilines is 1. The third-order valence-corrected chi connectivity index (χ3v) is 4.44. The van der Waals surface area contributed by atoms with Gasteiger partial charge in [0.2, 0.25) is 5.91 Å². The van der Waals surface area contributed by atoms with Gasteiger partial charge >= 0.3 is 0 Å². The van der Waals surface area contributed by atoms with Gasteiger partial charge in [-0.2, -0.15) is 0 Å². The molecule has 0 aliphatic carbocycles. The zero-order valence-corrected chi connectivity index (χ0v) is 14.1. The zero-order valence-electron chi connectivity index (χ0n) is 14.1. The van der Waals surface area contributed by atoms with Gasteiger partial charge < -0.3 is 14.8 Å². The van der Waals surface area contributed by atoms with E-state index in [-0.39, 0.29) is 12.5 Å². The van der Waals surface area contributed by atoms with Crippen molar-refractivity contribution in [3.05, 3.63) is 72.0 Å². The highest BCUT2D eigenvalue weighted by Gasteiger charge is 2.29. The number of aliphatic hydroxyl groups excluding tert-OH is 1. The number of nitrogens with one attached hydrogen (secondary N) is 1. The van der Waals surface area contributed by atoms with Crippen molar-refractivity contribution in [2.75, 3.05) is 11.9 Å². The summed E-state index contributed by atoms with van der Waals surface area (Å²) in [6.07, 6.45) is 3.93. The minimum atomic E-state index is -0.409. The normalized spacial score (nSPS) is 16.0. The standard InChI is InChI=1S/C21H18N2O3/c24-10-9-14-3-6-16(7-4-14)22-13-18-17-8-5-15(20-2-1-11-26-20)12-19(17)23-21(18)25/h1-8,11-13,18,24H,9-10H2,(H,23,25). The number of amides is 1. The Morgan fingerprint density at radius 1 is 1.15 bits per heavy atom. The molecule has 26 heavy (non-hydrogen) atoms. The third kappa shape index (κ3) is 3.17. The molecule has 0 saturated heterocycles. The topological polar surface area (TPSA) is 74.8 Å². The number of hydrogen-bond donors (Lipinski definition) is 2. The van der Waals surface area contributed by atoms with Crippen molar-refractivity contribution in [3.63, 3.8) is 0 Å². The van der Waals surface area contributed by atoms with E-state index in [9.17, 15) is 4.79 Å². The Bertz CT molecular complexity index is 944. The van der Waals surface area contributed by atoms with Crippen LogP contribution in [0.25, 0.3) is 11.3 Å². The van der Waals surface area contributed by atoms with Crippen molar-refractivity contribution in [2.24, 2.45) is 4.99 Å². The van der Waals surface area contributed by atoms with Gasteiger partial charge in [0.25, 0.3) is 0 Å². The van der Waals surface area contributed by atoms with E-state index in [0.29, 0.717) is 6.42 Å². The highest BCUT2D eigenvalue weighted by Crippen LogP contribution is 2.35. The van der Waals surface area contributed by atoms with Crippen LogP contribution in [0, 0.1) is 0 Å². The number of fused-ring (bicyclic) bond motifs is 1. The van der Waals surface area contributed by atoms with E-state index < -0.39 is 5.92 Å². The number of rotatable bonds is 5. The molecule has 5 nitrogen and oxygen atoms in total. The first-order valence-corrected chi connectivity index (χ1v) is 8.47. The van der Waals surface area contributed by atoms with Crippen molar-refractivity contribution in [2.45, 2.75) is 12.3 Å². The van der Waals surface area contributed by atoms with E-state index in [2.05, 4.69) is 10.3 Å². The molecule has 2 aromatic carbocycles. The molecular formula is C21H18N2O3. The van der Waals surface area contributed by atoms with Crippen LogP contribution in [0.2, 0.25) is 0 Å². The van der Waals surface area contributed by atoms with E-state index in [4.69, 9.17) is 9.52 Å². The molecule has 1 unspecified atom stereocenters. The summed E-state index contributed by atoms with van der Waals surface area (Å²) in [7, 11) is 0. The fourth-order valence-electron chi connectivity index (χ4n) is 3.07.